The molecule has 0 nitrogen and oxygen atoms in total. The minimum Gasteiger partial charge on any atom is -1.00 e. The zero-order valence-electron chi connectivity index (χ0n) is 18.6. The van der Waals surface area contributed by atoms with Gasteiger partial charge in [0, 0.05) is 0 Å². The predicted octanol–water partition coefficient (Wildman–Crippen LogP) is 1.90. The molecule has 162 valence electrons. The maximum atomic E-state index is 2.51. The van der Waals surface area contributed by atoms with E-state index in [2.05, 4.69) is 111 Å². The van der Waals surface area contributed by atoms with Gasteiger partial charge in [-0.2, -0.15) is 0 Å². The smallest absolute Gasteiger partial charge is 1.00 e. The Bertz CT molecular complexity index is 1290. The van der Waals surface area contributed by atoms with Crippen LogP contribution in [0.3, 0.4) is 0 Å². The fraction of sp³-hybridized carbons (Fsp3) is 0.133. The van der Waals surface area contributed by atoms with Crippen LogP contribution in [0.4, 0.5) is 0 Å². The van der Waals surface area contributed by atoms with Gasteiger partial charge in [0.1, 0.15) is 0 Å². The van der Waals surface area contributed by atoms with Crippen molar-refractivity contribution in [3.05, 3.63) is 124 Å². The molecule has 0 saturated carbocycles. The van der Waals surface area contributed by atoms with E-state index in [1.165, 1.54) is 38.9 Å². The van der Waals surface area contributed by atoms with Gasteiger partial charge in [0.2, 0.25) is 0 Å². The number of rotatable bonds is 3. The molecule has 2 aliphatic rings. The van der Waals surface area contributed by atoms with Crippen molar-refractivity contribution < 1.29 is 48.0 Å². The van der Waals surface area contributed by atoms with Crippen LogP contribution < -0.4 is 24.8 Å². The van der Waals surface area contributed by atoms with Crippen molar-refractivity contribution in [2.24, 2.45) is 0 Å². The average Bonchev–Trinajstić information content (AvgIpc) is 3.33. The Labute approximate surface area is 220 Å². The molecule has 1 unspecified atom stereocenters. The molecule has 4 aromatic carbocycles. The van der Waals surface area contributed by atoms with E-state index >= 15 is 0 Å². The third-order valence-electron chi connectivity index (χ3n) is 6.69. The zero-order chi connectivity index (χ0) is 20.9. The predicted molar refractivity (Wildman–Crippen MR) is 127 cm³/mol. The molecule has 0 radical (unpaired) electrons. The number of halogens is 2. The summed E-state index contributed by atoms with van der Waals surface area (Å²) in [5.41, 5.74) is 14.5. The van der Waals surface area contributed by atoms with Crippen LogP contribution in [0.1, 0.15) is 40.6 Å². The van der Waals surface area contributed by atoms with Gasteiger partial charge in [0.05, 0.1) is 0 Å². The summed E-state index contributed by atoms with van der Waals surface area (Å²) in [5, 5.41) is 0. The second-order valence-electron chi connectivity index (χ2n) is 8.79. The number of aryl methyl sites for hydroxylation is 2. The van der Waals surface area contributed by atoms with E-state index in [0.29, 0.717) is 7.25 Å². The summed E-state index contributed by atoms with van der Waals surface area (Å²) >= 11 is -0.834. The van der Waals surface area contributed by atoms with Gasteiger partial charge >= 0.3 is 197 Å². The maximum absolute atomic E-state index is 2.51. The zero-order valence-corrected chi connectivity index (χ0v) is 22.6. The summed E-state index contributed by atoms with van der Waals surface area (Å²) in [4.78, 5) is 0. The van der Waals surface area contributed by atoms with E-state index < -0.39 is 23.2 Å². The third-order valence-corrected chi connectivity index (χ3v) is 11.2. The van der Waals surface area contributed by atoms with Crippen molar-refractivity contribution >= 4 is 6.08 Å². The second-order valence-corrected chi connectivity index (χ2v) is 12.6. The largest absolute Gasteiger partial charge is 1.00 e. The van der Waals surface area contributed by atoms with Crippen LogP contribution in [0.5, 0.6) is 0 Å². The first-order valence-corrected chi connectivity index (χ1v) is 13.9. The molecule has 2 aliphatic carbocycles. The Kier molecular flexibility index (Phi) is 7.16. The summed E-state index contributed by atoms with van der Waals surface area (Å²) in [6.45, 7) is 4.46. The molecule has 0 fully saturated rings. The van der Waals surface area contributed by atoms with Crippen LogP contribution in [0.25, 0.3) is 28.3 Å². The van der Waals surface area contributed by atoms with E-state index in [-0.39, 0.29) is 24.8 Å². The summed E-state index contributed by atoms with van der Waals surface area (Å²) in [6.07, 6.45) is 4.90. The number of allylic oxidation sites excluding steroid dienone is 1. The molecular formula is C30H24Cl2Zr. The number of fused-ring (bicyclic) bond motifs is 4. The maximum Gasteiger partial charge on any atom is -1.00 e. The van der Waals surface area contributed by atoms with Crippen molar-refractivity contribution in [2.75, 3.05) is 0 Å². The number of hydrogen-bond acceptors (Lipinski definition) is 0. The van der Waals surface area contributed by atoms with Gasteiger partial charge < -0.3 is 24.8 Å². The second kappa shape index (κ2) is 9.75. The topological polar surface area (TPSA) is 0 Å². The minimum absolute atomic E-state index is 0. The molecule has 6 rings (SSSR count). The molecule has 0 saturated heterocycles. The standard InChI is InChI=1S/C15H13.C15H11.2ClH.Zr/c1-10-3-5-14-12(7-10)9-13-8-11(2)4-6-15(13)14;1-2-6-12(7-3-1)14-10-4-8-13-9-5-11-15(13)14;;;/h3-9H,1-2H3;1-11H;2*1H;/q;;;;+2/p-2. The molecule has 0 aromatic heterocycles. The molecule has 1 atom stereocenters. The first-order chi connectivity index (χ1) is 15.2. The monoisotopic (exact) mass is 544 g/mol. The Hall–Kier alpha value is -1.92. The van der Waals surface area contributed by atoms with Crippen LogP contribution in [0.2, 0.25) is 0 Å². The third kappa shape index (κ3) is 4.21. The molecule has 4 aromatic rings. The summed E-state index contributed by atoms with van der Waals surface area (Å²) in [6, 6.07) is 31.9. The van der Waals surface area contributed by atoms with Crippen molar-refractivity contribution in [2.45, 2.75) is 21.1 Å². The van der Waals surface area contributed by atoms with Crippen LogP contribution in [0, 0.1) is 13.8 Å². The van der Waals surface area contributed by atoms with Crippen LogP contribution in [-0.2, 0) is 23.2 Å². The average molecular weight is 547 g/mol. The first kappa shape index (κ1) is 24.2. The molecule has 0 heterocycles. The number of hydrogen-bond donors (Lipinski definition) is 0. The van der Waals surface area contributed by atoms with E-state index in [4.69, 9.17) is 0 Å². The Morgan fingerprint density at radius 1 is 0.606 bits per heavy atom. The molecule has 0 amide bonds. The van der Waals surface area contributed by atoms with Crippen molar-refractivity contribution in [1.82, 2.24) is 0 Å². The number of benzene rings is 4. The van der Waals surface area contributed by atoms with E-state index in [9.17, 15) is 0 Å². The van der Waals surface area contributed by atoms with Gasteiger partial charge in [-0.25, -0.2) is 0 Å². The van der Waals surface area contributed by atoms with Crippen LogP contribution >= 0.6 is 0 Å². The summed E-state index contributed by atoms with van der Waals surface area (Å²) in [7, 11) is 0. The van der Waals surface area contributed by atoms with Crippen molar-refractivity contribution in [3.63, 3.8) is 0 Å². The van der Waals surface area contributed by atoms with Crippen LogP contribution in [0.15, 0.2) is 91.0 Å². The van der Waals surface area contributed by atoms with Gasteiger partial charge in [-0.1, -0.05) is 0 Å². The molecule has 0 spiro atoms. The normalized spacial score (nSPS) is 15.0. The van der Waals surface area contributed by atoms with Gasteiger partial charge in [-0.15, -0.1) is 0 Å². The van der Waals surface area contributed by atoms with E-state index in [1.54, 1.807) is 16.7 Å². The van der Waals surface area contributed by atoms with Gasteiger partial charge in [0.25, 0.3) is 0 Å². The molecule has 0 bridgehead atoms. The Morgan fingerprint density at radius 2 is 1.24 bits per heavy atom. The van der Waals surface area contributed by atoms with Gasteiger partial charge in [0.15, 0.2) is 0 Å². The van der Waals surface area contributed by atoms with Crippen LogP contribution in [-0.4, -0.2) is 0 Å². The van der Waals surface area contributed by atoms with E-state index in [0.717, 1.165) is 0 Å². The Balaban J connectivity index is 0.00000130. The summed E-state index contributed by atoms with van der Waals surface area (Å²) in [5.74, 6) is 0. The SMILES string of the molecule is Cc1ccc2c(c1)[CH]([Zr+2][CH]1C=Cc3c(-c4ccccc4)cccc31)c1cc(C)ccc1-2.[Cl-].[Cl-]. The van der Waals surface area contributed by atoms with Gasteiger partial charge in [-0.05, 0) is 0 Å². The van der Waals surface area contributed by atoms with Crippen molar-refractivity contribution in [3.8, 4) is 22.3 Å². The fourth-order valence-electron chi connectivity index (χ4n) is 5.21. The minimum atomic E-state index is -0.834. The van der Waals surface area contributed by atoms with Gasteiger partial charge in [-0.3, -0.25) is 0 Å². The molecule has 0 N–H and O–H groups in total. The molecule has 33 heavy (non-hydrogen) atoms. The van der Waals surface area contributed by atoms with Crippen molar-refractivity contribution in [1.29, 1.82) is 0 Å². The molecule has 3 heteroatoms. The quantitative estimate of drug-likeness (QED) is 0.369. The summed E-state index contributed by atoms with van der Waals surface area (Å²) < 4.78 is 1.24. The first-order valence-electron chi connectivity index (χ1n) is 11.0. The Morgan fingerprint density at radius 3 is 1.88 bits per heavy atom. The van der Waals surface area contributed by atoms with E-state index in [1.807, 2.05) is 0 Å². The fourth-order valence-corrected chi connectivity index (χ4v) is 9.72. The molecular weight excluding hydrogens is 522 g/mol. The molecule has 0 aliphatic heterocycles.